The Morgan fingerprint density at radius 1 is 1.38 bits per heavy atom. The summed E-state index contributed by atoms with van der Waals surface area (Å²) >= 11 is 0. The first-order valence-electron chi connectivity index (χ1n) is 4.35. The van der Waals surface area contributed by atoms with E-state index in [-0.39, 0.29) is 17.0 Å². The van der Waals surface area contributed by atoms with Gasteiger partial charge in [0.05, 0.1) is 0 Å². The van der Waals surface area contributed by atoms with E-state index in [1.54, 1.807) is 0 Å². The summed E-state index contributed by atoms with van der Waals surface area (Å²) < 4.78 is 26.1. The summed E-state index contributed by atoms with van der Waals surface area (Å²) in [5.41, 5.74) is 0.0633. The molecule has 0 heterocycles. The molecule has 16 heavy (non-hydrogen) atoms. The van der Waals surface area contributed by atoms with Gasteiger partial charge in [0.1, 0.15) is 30.2 Å². The van der Waals surface area contributed by atoms with Crippen LogP contribution in [0.2, 0.25) is 0 Å². The molecule has 0 aliphatic heterocycles. The molecule has 86 valence electrons. The SMILES string of the molecule is CO/N=C(\C(C)=N\O)c1ccc(F)cc1F. The zero-order chi connectivity index (χ0) is 12.1. The van der Waals surface area contributed by atoms with Crippen LogP contribution in [0, 0.1) is 11.6 Å². The lowest BCUT2D eigenvalue weighted by molar-refractivity contribution is 0.214. The molecule has 0 saturated heterocycles. The van der Waals surface area contributed by atoms with Gasteiger partial charge in [-0.1, -0.05) is 10.3 Å². The first kappa shape index (κ1) is 12.1. The van der Waals surface area contributed by atoms with E-state index in [1.807, 2.05) is 0 Å². The highest BCUT2D eigenvalue weighted by Gasteiger charge is 2.14. The van der Waals surface area contributed by atoms with Crippen LogP contribution >= 0.6 is 0 Å². The molecule has 0 spiro atoms. The monoisotopic (exact) mass is 228 g/mol. The summed E-state index contributed by atoms with van der Waals surface area (Å²) in [4.78, 5) is 4.50. The van der Waals surface area contributed by atoms with Crippen LogP contribution in [-0.4, -0.2) is 23.7 Å². The lowest BCUT2D eigenvalue weighted by Crippen LogP contribution is -2.14. The predicted molar refractivity (Wildman–Crippen MR) is 54.8 cm³/mol. The van der Waals surface area contributed by atoms with E-state index >= 15 is 0 Å². The van der Waals surface area contributed by atoms with Gasteiger partial charge in [-0.2, -0.15) is 0 Å². The number of halogens is 2. The predicted octanol–water partition coefficient (Wildman–Crippen LogP) is 2.17. The number of hydrogen-bond acceptors (Lipinski definition) is 4. The quantitative estimate of drug-likeness (QED) is 0.489. The Bertz CT molecular complexity index is 444. The maximum absolute atomic E-state index is 13.4. The minimum Gasteiger partial charge on any atom is -0.411 e. The fraction of sp³-hybridized carbons (Fsp3) is 0.200. The van der Waals surface area contributed by atoms with Gasteiger partial charge in [0, 0.05) is 11.6 Å². The van der Waals surface area contributed by atoms with Crippen molar-refractivity contribution in [1.82, 2.24) is 0 Å². The molecule has 1 N–H and O–H groups in total. The van der Waals surface area contributed by atoms with E-state index in [0.29, 0.717) is 6.07 Å². The van der Waals surface area contributed by atoms with Crippen LogP contribution in [0.1, 0.15) is 12.5 Å². The van der Waals surface area contributed by atoms with E-state index in [0.717, 1.165) is 6.07 Å². The van der Waals surface area contributed by atoms with Crippen LogP contribution in [-0.2, 0) is 4.84 Å². The minimum absolute atomic E-state index is 0.00134. The van der Waals surface area contributed by atoms with Gasteiger partial charge < -0.3 is 10.0 Å². The van der Waals surface area contributed by atoms with Crippen molar-refractivity contribution < 1.29 is 18.8 Å². The van der Waals surface area contributed by atoms with Crippen molar-refractivity contribution in [1.29, 1.82) is 0 Å². The molecule has 0 unspecified atom stereocenters. The molecule has 1 rings (SSSR count). The van der Waals surface area contributed by atoms with E-state index in [4.69, 9.17) is 5.21 Å². The Morgan fingerprint density at radius 2 is 2.06 bits per heavy atom. The zero-order valence-corrected chi connectivity index (χ0v) is 8.74. The fourth-order valence-electron chi connectivity index (χ4n) is 1.13. The van der Waals surface area contributed by atoms with Gasteiger partial charge in [0.2, 0.25) is 0 Å². The average molecular weight is 228 g/mol. The van der Waals surface area contributed by atoms with Crippen LogP contribution < -0.4 is 0 Å². The number of rotatable bonds is 3. The second-order valence-electron chi connectivity index (χ2n) is 2.93. The van der Waals surface area contributed by atoms with Crippen LogP contribution in [0.5, 0.6) is 0 Å². The van der Waals surface area contributed by atoms with Crippen molar-refractivity contribution in [2.45, 2.75) is 6.92 Å². The third-order valence-corrected chi connectivity index (χ3v) is 1.86. The van der Waals surface area contributed by atoms with Gasteiger partial charge in [-0.3, -0.25) is 0 Å². The molecule has 1 aromatic carbocycles. The van der Waals surface area contributed by atoms with Crippen molar-refractivity contribution in [3.8, 4) is 0 Å². The molecule has 4 nitrogen and oxygen atoms in total. The number of hydrogen-bond donors (Lipinski definition) is 1. The Morgan fingerprint density at radius 3 is 2.56 bits per heavy atom. The molecule has 0 fully saturated rings. The fourth-order valence-corrected chi connectivity index (χ4v) is 1.13. The van der Waals surface area contributed by atoms with Gasteiger partial charge in [-0.25, -0.2) is 8.78 Å². The minimum atomic E-state index is -0.807. The van der Waals surface area contributed by atoms with Gasteiger partial charge in [-0.15, -0.1) is 0 Å². The highest BCUT2D eigenvalue weighted by Crippen LogP contribution is 2.12. The second-order valence-corrected chi connectivity index (χ2v) is 2.93. The summed E-state index contributed by atoms with van der Waals surface area (Å²) in [6.07, 6.45) is 0. The summed E-state index contributed by atoms with van der Waals surface area (Å²) in [6.45, 7) is 1.42. The van der Waals surface area contributed by atoms with Crippen LogP contribution in [0.15, 0.2) is 28.5 Å². The maximum Gasteiger partial charge on any atom is 0.137 e. The molecule has 0 amide bonds. The number of oxime groups is 2. The number of benzene rings is 1. The number of nitrogens with zero attached hydrogens (tertiary/aromatic N) is 2. The Kier molecular flexibility index (Phi) is 3.93. The van der Waals surface area contributed by atoms with Gasteiger partial charge in [-0.05, 0) is 19.1 Å². The normalized spacial score (nSPS) is 12.8. The van der Waals surface area contributed by atoms with E-state index in [9.17, 15) is 8.78 Å². The van der Waals surface area contributed by atoms with E-state index in [2.05, 4.69) is 15.1 Å². The molecule has 0 aliphatic rings. The molecule has 0 aliphatic carbocycles. The molecule has 0 radical (unpaired) electrons. The summed E-state index contributed by atoms with van der Waals surface area (Å²) in [7, 11) is 1.27. The van der Waals surface area contributed by atoms with Crippen LogP contribution in [0.25, 0.3) is 0 Å². The topological polar surface area (TPSA) is 54.2 Å². The molecule has 0 atom stereocenters. The molecular weight excluding hydrogens is 218 g/mol. The second kappa shape index (κ2) is 5.20. The summed E-state index contributed by atoms with van der Waals surface area (Å²) in [5, 5.41) is 15.0. The highest BCUT2D eigenvalue weighted by molar-refractivity contribution is 6.47. The Hall–Kier alpha value is -1.98. The average Bonchev–Trinajstić information content (AvgIpc) is 2.26. The summed E-state index contributed by atoms with van der Waals surface area (Å²) in [5.74, 6) is -1.50. The standard InChI is InChI=1S/C10H10F2N2O2/c1-6(13-15)10(14-16-2)8-4-3-7(11)5-9(8)12/h3-5,15H,1-2H3/b13-6+,14-10+. The van der Waals surface area contributed by atoms with Crippen molar-refractivity contribution in [3.63, 3.8) is 0 Å². The molecule has 0 bridgehead atoms. The van der Waals surface area contributed by atoms with Crippen molar-refractivity contribution >= 4 is 11.4 Å². The first-order valence-corrected chi connectivity index (χ1v) is 4.35. The third kappa shape index (κ3) is 2.53. The lowest BCUT2D eigenvalue weighted by Gasteiger charge is -2.05. The van der Waals surface area contributed by atoms with Crippen molar-refractivity contribution in [2.24, 2.45) is 10.3 Å². The zero-order valence-electron chi connectivity index (χ0n) is 8.74. The highest BCUT2D eigenvalue weighted by atomic mass is 19.1. The Labute approximate surface area is 90.8 Å². The van der Waals surface area contributed by atoms with Gasteiger partial charge >= 0.3 is 0 Å². The van der Waals surface area contributed by atoms with Crippen LogP contribution in [0.3, 0.4) is 0 Å². The first-order chi connectivity index (χ1) is 7.60. The van der Waals surface area contributed by atoms with Crippen molar-refractivity contribution in [2.75, 3.05) is 7.11 Å². The van der Waals surface area contributed by atoms with Crippen LogP contribution in [0.4, 0.5) is 8.78 Å². The third-order valence-electron chi connectivity index (χ3n) is 1.86. The summed E-state index contributed by atoms with van der Waals surface area (Å²) in [6, 6.07) is 2.98. The molecule has 6 heteroatoms. The van der Waals surface area contributed by atoms with E-state index < -0.39 is 11.6 Å². The van der Waals surface area contributed by atoms with Gasteiger partial charge in [0.15, 0.2) is 0 Å². The lowest BCUT2D eigenvalue weighted by atomic mass is 10.1. The molecule has 0 saturated carbocycles. The molecule has 0 aromatic heterocycles. The van der Waals surface area contributed by atoms with E-state index in [1.165, 1.54) is 20.1 Å². The van der Waals surface area contributed by atoms with Crippen molar-refractivity contribution in [3.05, 3.63) is 35.4 Å². The molecular formula is C10H10F2N2O2. The maximum atomic E-state index is 13.4. The Balaban J connectivity index is 3.28. The van der Waals surface area contributed by atoms with Gasteiger partial charge in [0.25, 0.3) is 0 Å². The molecule has 1 aromatic rings. The largest absolute Gasteiger partial charge is 0.411 e. The smallest absolute Gasteiger partial charge is 0.137 e.